The van der Waals surface area contributed by atoms with E-state index in [1.807, 2.05) is 30.3 Å². The van der Waals surface area contributed by atoms with Crippen molar-refractivity contribution in [1.82, 2.24) is 4.90 Å². The maximum absolute atomic E-state index is 12.5. The summed E-state index contributed by atoms with van der Waals surface area (Å²) in [4.78, 5) is 25.3. The molecule has 2 rings (SSSR count). The minimum Gasteiger partial charge on any atom is -0.480 e. The number of likely N-dealkylation sites (N-methyl/N-ethyl adjacent to an activating group) is 1. The highest BCUT2D eigenvalue weighted by Crippen LogP contribution is 2.13. The topological polar surface area (TPSA) is 57.6 Å². The standard InChI is InChI=1S/C19H16NO3/c1-3-14-9-11-16(12-10-14)18(21)20(2)17(19(22)23)13-15-7-5-4-6-8-15/h4-12,17H,13H2,2H3,(H,22,23)/t17-/m0/s1. The Bertz CT molecular complexity index is 729. The summed E-state index contributed by atoms with van der Waals surface area (Å²) in [5.41, 5.74) is 1.79. The third-order valence-electron chi connectivity index (χ3n) is 3.62. The molecule has 1 N–H and O–H groups in total. The smallest absolute Gasteiger partial charge is 0.326 e. The third-order valence-corrected chi connectivity index (χ3v) is 3.62. The van der Waals surface area contributed by atoms with Crippen LogP contribution < -0.4 is 0 Å². The Labute approximate surface area is 135 Å². The fraction of sp³-hybridized carbons (Fsp3) is 0.158. The van der Waals surface area contributed by atoms with Crippen LogP contribution >= 0.6 is 0 Å². The Balaban J connectivity index is 2.19. The van der Waals surface area contributed by atoms with Crippen LogP contribution in [0.1, 0.15) is 21.5 Å². The van der Waals surface area contributed by atoms with Crippen LogP contribution in [0, 0.1) is 12.3 Å². The number of carboxylic acids is 1. The van der Waals surface area contributed by atoms with Gasteiger partial charge in [-0.2, -0.15) is 0 Å². The van der Waals surface area contributed by atoms with Gasteiger partial charge in [-0.15, -0.1) is 0 Å². The van der Waals surface area contributed by atoms with Crippen molar-refractivity contribution < 1.29 is 14.7 Å². The SMILES string of the molecule is [C]#Cc1ccc(C(=O)N(C)[C@@H](Cc2ccccc2)C(=O)O)cc1. The second-order valence-electron chi connectivity index (χ2n) is 5.16. The molecule has 0 aliphatic rings. The summed E-state index contributed by atoms with van der Waals surface area (Å²) >= 11 is 0. The molecule has 0 aromatic heterocycles. The Kier molecular flexibility index (Phi) is 5.16. The molecule has 0 fully saturated rings. The van der Waals surface area contributed by atoms with Gasteiger partial charge in [-0.05, 0) is 36.3 Å². The first kappa shape index (κ1) is 16.3. The Morgan fingerprint density at radius 3 is 2.26 bits per heavy atom. The van der Waals surface area contributed by atoms with E-state index in [4.69, 9.17) is 6.42 Å². The zero-order valence-corrected chi connectivity index (χ0v) is 12.7. The number of nitrogens with zero attached hydrogens (tertiary/aromatic N) is 1. The van der Waals surface area contributed by atoms with Crippen LogP contribution in [0.15, 0.2) is 54.6 Å². The average Bonchev–Trinajstić information content (AvgIpc) is 2.59. The molecule has 0 saturated heterocycles. The van der Waals surface area contributed by atoms with Gasteiger partial charge in [0.05, 0.1) is 0 Å². The Hall–Kier alpha value is -3.06. The lowest BCUT2D eigenvalue weighted by Crippen LogP contribution is -2.43. The van der Waals surface area contributed by atoms with Gasteiger partial charge in [0.25, 0.3) is 5.91 Å². The molecule has 4 nitrogen and oxygen atoms in total. The molecule has 2 aromatic rings. The van der Waals surface area contributed by atoms with Crippen LogP contribution in [-0.2, 0) is 11.2 Å². The number of carbonyl (C=O) groups excluding carboxylic acids is 1. The van der Waals surface area contributed by atoms with Crippen LogP contribution in [-0.4, -0.2) is 35.0 Å². The molecular formula is C19H16NO3. The number of hydrogen-bond donors (Lipinski definition) is 1. The molecule has 1 radical (unpaired) electrons. The molecule has 2 aromatic carbocycles. The highest BCUT2D eigenvalue weighted by atomic mass is 16.4. The molecule has 4 heteroatoms. The number of amides is 1. The molecule has 0 bridgehead atoms. The quantitative estimate of drug-likeness (QED) is 0.863. The monoisotopic (exact) mass is 306 g/mol. The van der Waals surface area contributed by atoms with Crippen molar-refractivity contribution in [3.05, 3.63) is 77.7 Å². The van der Waals surface area contributed by atoms with Crippen molar-refractivity contribution in [3.8, 4) is 5.92 Å². The van der Waals surface area contributed by atoms with E-state index in [0.717, 1.165) is 5.56 Å². The molecular weight excluding hydrogens is 290 g/mol. The van der Waals surface area contributed by atoms with E-state index in [1.54, 1.807) is 24.3 Å². The summed E-state index contributed by atoms with van der Waals surface area (Å²) in [6.07, 6.45) is 7.27. The minimum atomic E-state index is -1.05. The van der Waals surface area contributed by atoms with Crippen LogP contribution in [0.3, 0.4) is 0 Å². The number of carbonyl (C=O) groups is 2. The van der Waals surface area contributed by atoms with Crippen LogP contribution in [0.4, 0.5) is 0 Å². The van der Waals surface area contributed by atoms with Crippen LogP contribution in [0.25, 0.3) is 0 Å². The summed E-state index contributed by atoms with van der Waals surface area (Å²) < 4.78 is 0. The highest BCUT2D eigenvalue weighted by Gasteiger charge is 2.27. The fourth-order valence-corrected chi connectivity index (χ4v) is 2.27. The maximum Gasteiger partial charge on any atom is 0.326 e. The summed E-state index contributed by atoms with van der Waals surface area (Å²) in [6.45, 7) is 0. The molecule has 0 aliphatic heterocycles. The van der Waals surface area contributed by atoms with Crippen molar-refractivity contribution >= 4 is 11.9 Å². The molecule has 0 heterocycles. The van der Waals surface area contributed by atoms with E-state index in [0.29, 0.717) is 11.1 Å². The average molecular weight is 306 g/mol. The van der Waals surface area contributed by atoms with E-state index in [-0.39, 0.29) is 12.3 Å². The molecule has 1 atom stereocenters. The molecule has 115 valence electrons. The van der Waals surface area contributed by atoms with Crippen molar-refractivity contribution in [1.29, 1.82) is 0 Å². The summed E-state index contributed by atoms with van der Waals surface area (Å²) in [5.74, 6) is 0.809. The largest absolute Gasteiger partial charge is 0.480 e. The van der Waals surface area contributed by atoms with E-state index >= 15 is 0 Å². The predicted molar refractivity (Wildman–Crippen MR) is 86.3 cm³/mol. The second-order valence-corrected chi connectivity index (χ2v) is 5.16. The second kappa shape index (κ2) is 7.28. The van der Waals surface area contributed by atoms with Crippen LogP contribution in [0.2, 0.25) is 0 Å². The summed E-state index contributed by atoms with van der Waals surface area (Å²) in [7, 11) is 1.49. The first-order valence-corrected chi connectivity index (χ1v) is 7.09. The third kappa shape index (κ3) is 3.98. The Morgan fingerprint density at radius 1 is 1.13 bits per heavy atom. The highest BCUT2D eigenvalue weighted by molar-refractivity contribution is 5.96. The van der Waals surface area contributed by atoms with Gasteiger partial charge in [0.1, 0.15) is 6.04 Å². The zero-order chi connectivity index (χ0) is 16.8. The van der Waals surface area contributed by atoms with Gasteiger partial charge in [-0.1, -0.05) is 36.3 Å². The lowest BCUT2D eigenvalue weighted by Gasteiger charge is -2.25. The van der Waals surface area contributed by atoms with Gasteiger partial charge in [-0.3, -0.25) is 4.79 Å². The lowest BCUT2D eigenvalue weighted by atomic mass is 10.0. The van der Waals surface area contributed by atoms with E-state index in [9.17, 15) is 14.7 Å². The molecule has 0 spiro atoms. The minimum absolute atomic E-state index is 0.241. The van der Waals surface area contributed by atoms with Crippen molar-refractivity contribution in [3.63, 3.8) is 0 Å². The predicted octanol–water partition coefficient (Wildman–Crippen LogP) is 2.39. The van der Waals surface area contributed by atoms with Gasteiger partial charge in [-0.25, -0.2) is 4.79 Å². The normalized spacial score (nSPS) is 11.3. The molecule has 1 amide bonds. The van der Waals surface area contributed by atoms with E-state index < -0.39 is 12.0 Å². The van der Waals surface area contributed by atoms with Crippen molar-refractivity contribution in [2.24, 2.45) is 0 Å². The van der Waals surface area contributed by atoms with Crippen molar-refractivity contribution in [2.45, 2.75) is 12.5 Å². The molecule has 0 unspecified atom stereocenters. The van der Waals surface area contributed by atoms with Crippen molar-refractivity contribution in [2.75, 3.05) is 7.05 Å². The zero-order valence-electron chi connectivity index (χ0n) is 12.7. The first-order chi connectivity index (χ1) is 11.0. The number of benzene rings is 2. The number of rotatable bonds is 5. The van der Waals surface area contributed by atoms with Gasteiger partial charge in [0.15, 0.2) is 0 Å². The molecule has 0 aliphatic carbocycles. The maximum atomic E-state index is 12.5. The van der Waals surface area contributed by atoms with E-state index in [1.165, 1.54) is 11.9 Å². The summed E-state index contributed by atoms with van der Waals surface area (Å²) in [6, 6.07) is 14.6. The van der Waals surface area contributed by atoms with Gasteiger partial charge >= 0.3 is 5.97 Å². The molecule has 0 saturated carbocycles. The first-order valence-electron chi connectivity index (χ1n) is 7.09. The number of hydrogen-bond acceptors (Lipinski definition) is 2. The molecule has 23 heavy (non-hydrogen) atoms. The summed E-state index contributed by atoms with van der Waals surface area (Å²) in [5, 5.41) is 9.45. The van der Waals surface area contributed by atoms with E-state index in [2.05, 4.69) is 5.92 Å². The van der Waals surface area contributed by atoms with Gasteiger partial charge in [0.2, 0.25) is 0 Å². The number of carboxylic acid groups (broad SMARTS) is 1. The number of aliphatic carboxylic acids is 1. The fourth-order valence-electron chi connectivity index (χ4n) is 2.27. The van der Waals surface area contributed by atoms with Gasteiger partial charge in [0, 0.05) is 24.6 Å². The van der Waals surface area contributed by atoms with Crippen LogP contribution in [0.5, 0.6) is 0 Å². The lowest BCUT2D eigenvalue weighted by molar-refractivity contribution is -0.141. The van der Waals surface area contributed by atoms with Gasteiger partial charge < -0.3 is 10.0 Å². The Morgan fingerprint density at radius 2 is 1.74 bits per heavy atom.